The van der Waals surface area contributed by atoms with Crippen LogP contribution in [-0.4, -0.2) is 33.2 Å². The first kappa shape index (κ1) is 19.0. The van der Waals surface area contributed by atoms with Crippen molar-refractivity contribution in [2.24, 2.45) is 0 Å². The standard InChI is InChI=1S/C16H15ClFN2O8P/c17-10-1-2-12-9(5-10)7-25-29(24,28-12)26-8-16(18)6-11(21)14(27-16)20-4-3-13(22)19-15(20)23/h1-5,11,14,21H,6-8H2,(H,19,22,23)/t11-,14-,16+,29?/m1/s1/i14D. The number of halogens is 2. The molecule has 1 aromatic carbocycles. The van der Waals surface area contributed by atoms with Crippen molar-refractivity contribution in [1.29, 1.82) is 0 Å². The Balaban J connectivity index is 1.50. The Bertz CT molecular complexity index is 1160. The molecule has 1 fully saturated rings. The molecule has 0 spiro atoms. The lowest BCUT2D eigenvalue weighted by Gasteiger charge is -2.27. The Morgan fingerprint density at radius 2 is 2.28 bits per heavy atom. The molecule has 1 saturated heterocycles. The summed E-state index contributed by atoms with van der Waals surface area (Å²) in [4.78, 5) is 25.0. The summed E-state index contributed by atoms with van der Waals surface area (Å²) in [5, 5.41) is 10.6. The maximum atomic E-state index is 15.2. The minimum absolute atomic E-state index is 0.162. The quantitative estimate of drug-likeness (QED) is 0.677. The van der Waals surface area contributed by atoms with E-state index < -0.39 is 50.3 Å². The number of hydrogen-bond acceptors (Lipinski definition) is 8. The van der Waals surface area contributed by atoms with Gasteiger partial charge in [-0.25, -0.2) is 13.8 Å². The second-order valence-corrected chi connectivity index (χ2v) is 8.39. The first-order valence-corrected chi connectivity index (χ1v) is 10.1. The van der Waals surface area contributed by atoms with Crippen LogP contribution in [0.3, 0.4) is 0 Å². The molecular weight excluding hydrogens is 434 g/mol. The SMILES string of the molecule is [2H][C@@]1(n2ccc(=O)[nH]c2=O)O[C@](F)(COP2(=O)OCc3cc(Cl)ccc3O2)C[C@H]1O. The molecule has 2 aliphatic heterocycles. The third-order valence-electron chi connectivity index (χ3n) is 4.18. The summed E-state index contributed by atoms with van der Waals surface area (Å²) in [6.07, 6.45) is -4.30. The van der Waals surface area contributed by atoms with Gasteiger partial charge in [0.05, 0.1) is 7.98 Å². The second kappa shape index (κ2) is 7.35. The van der Waals surface area contributed by atoms with E-state index in [1.54, 1.807) is 6.07 Å². The van der Waals surface area contributed by atoms with Crippen molar-refractivity contribution >= 4 is 19.4 Å². The van der Waals surface area contributed by atoms with E-state index in [1.807, 2.05) is 4.98 Å². The lowest BCUT2D eigenvalue weighted by Crippen LogP contribution is -2.35. The van der Waals surface area contributed by atoms with Crippen molar-refractivity contribution in [2.75, 3.05) is 6.61 Å². The van der Waals surface area contributed by atoms with Crippen LogP contribution in [-0.2, 0) is 25.0 Å². The van der Waals surface area contributed by atoms with Crippen molar-refractivity contribution < 1.29 is 33.7 Å². The largest absolute Gasteiger partial charge is 0.530 e. The highest BCUT2D eigenvalue weighted by Gasteiger charge is 2.50. The molecule has 0 bridgehead atoms. The smallest absolute Gasteiger partial charge is 0.404 e. The third kappa shape index (κ3) is 4.16. The van der Waals surface area contributed by atoms with Gasteiger partial charge in [-0.05, 0) is 18.2 Å². The maximum Gasteiger partial charge on any atom is 0.530 e. The molecule has 0 aliphatic carbocycles. The van der Waals surface area contributed by atoms with Gasteiger partial charge >= 0.3 is 13.5 Å². The predicted molar refractivity (Wildman–Crippen MR) is 96.3 cm³/mol. The maximum absolute atomic E-state index is 15.2. The number of phosphoric ester groups is 1. The molecule has 156 valence electrons. The topological polar surface area (TPSA) is 129 Å². The van der Waals surface area contributed by atoms with E-state index in [2.05, 4.69) is 0 Å². The Hall–Kier alpha value is -2.01. The van der Waals surface area contributed by atoms with E-state index >= 15 is 4.39 Å². The monoisotopic (exact) mass is 449 g/mol. The van der Waals surface area contributed by atoms with Gasteiger partial charge in [0.25, 0.3) is 5.56 Å². The number of rotatable bonds is 4. The average molecular weight is 450 g/mol. The Labute approximate surface area is 168 Å². The van der Waals surface area contributed by atoms with Crippen LogP contribution >= 0.6 is 19.4 Å². The fraction of sp³-hybridized carbons (Fsp3) is 0.375. The molecule has 0 radical (unpaired) electrons. The molecule has 0 saturated carbocycles. The van der Waals surface area contributed by atoms with E-state index in [0.717, 1.165) is 12.3 Å². The van der Waals surface area contributed by atoms with Gasteiger partial charge in [0, 0.05) is 29.3 Å². The molecule has 2 aliphatic rings. The Morgan fingerprint density at radius 1 is 1.48 bits per heavy atom. The molecule has 1 aromatic heterocycles. The zero-order chi connectivity index (χ0) is 21.7. The summed E-state index contributed by atoms with van der Waals surface area (Å²) in [5.74, 6) is -2.62. The lowest BCUT2D eigenvalue weighted by atomic mass is 10.2. The van der Waals surface area contributed by atoms with Gasteiger partial charge in [-0.3, -0.25) is 23.4 Å². The third-order valence-corrected chi connectivity index (χ3v) is 5.73. The molecule has 2 N–H and O–H groups in total. The molecule has 2 aromatic rings. The van der Waals surface area contributed by atoms with Crippen molar-refractivity contribution in [3.8, 4) is 5.75 Å². The molecule has 10 nitrogen and oxygen atoms in total. The van der Waals surface area contributed by atoms with Crippen molar-refractivity contribution in [2.45, 2.75) is 31.2 Å². The highest BCUT2D eigenvalue weighted by molar-refractivity contribution is 7.49. The number of benzene rings is 1. The Kier molecular flexibility index (Phi) is 4.81. The minimum atomic E-state index is -4.23. The number of hydrogen-bond donors (Lipinski definition) is 2. The van der Waals surface area contributed by atoms with Crippen molar-refractivity contribution in [3.63, 3.8) is 0 Å². The molecule has 29 heavy (non-hydrogen) atoms. The van der Waals surface area contributed by atoms with E-state index in [-0.39, 0.29) is 12.4 Å². The summed E-state index contributed by atoms with van der Waals surface area (Å²) >= 11 is 5.86. The van der Waals surface area contributed by atoms with Crippen LogP contribution in [0.1, 0.15) is 19.6 Å². The minimum Gasteiger partial charge on any atom is -0.404 e. The van der Waals surface area contributed by atoms with Gasteiger partial charge in [0.2, 0.25) is 5.85 Å². The number of alkyl halides is 1. The molecule has 1 unspecified atom stereocenters. The first-order chi connectivity index (χ1) is 14.0. The van der Waals surface area contributed by atoms with E-state index in [0.29, 0.717) is 15.2 Å². The van der Waals surface area contributed by atoms with Crippen LogP contribution in [0, 0.1) is 0 Å². The number of aromatic amines is 1. The molecule has 0 amide bonds. The molecular formula is C16H15ClFN2O8P. The number of nitrogens with one attached hydrogen (secondary N) is 1. The number of nitrogens with zero attached hydrogens (tertiary/aromatic N) is 1. The zero-order valence-corrected chi connectivity index (χ0v) is 16.2. The number of aliphatic hydroxyl groups excluding tert-OH is 1. The number of phosphoric acid groups is 1. The van der Waals surface area contributed by atoms with Gasteiger partial charge in [0.15, 0.2) is 6.20 Å². The number of aliphatic hydroxyl groups is 1. The van der Waals surface area contributed by atoms with Gasteiger partial charge < -0.3 is 14.4 Å². The molecule has 4 rings (SSSR count). The predicted octanol–water partition coefficient (Wildman–Crippen LogP) is 1.87. The van der Waals surface area contributed by atoms with Crippen LogP contribution in [0.4, 0.5) is 4.39 Å². The summed E-state index contributed by atoms with van der Waals surface area (Å²) in [7, 11) is -4.23. The normalized spacial score (nSPS) is 34.3. The summed E-state index contributed by atoms with van der Waals surface area (Å²) in [5.41, 5.74) is -1.31. The molecule has 4 atom stereocenters. The van der Waals surface area contributed by atoms with Crippen LogP contribution < -0.4 is 15.8 Å². The first-order valence-electron chi connectivity index (χ1n) is 8.79. The number of ether oxygens (including phenoxy) is 1. The fourth-order valence-corrected chi connectivity index (χ4v) is 4.29. The number of H-pyrrole nitrogens is 1. The number of aromatic nitrogens is 2. The highest BCUT2D eigenvalue weighted by atomic mass is 35.5. The van der Waals surface area contributed by atoms with Gasteiger partial charge in [-0.15, -0.1) is 0 Å². The van der Waals surface area contributed by atoms with Gasteiger partial charge in [-0.1, -0.05) is 11.6 Å². The second-order valence-electron chi connectivity index (χ2n) is 6.36. The molecule has 13 heteroatoms. The van der Waals surface area contributed by atoms with Gasteiger partial charge in [0.1, 0.15) is 18.5 Å². The lowest BCUT2D eigenvalue weighted by molar-refractivity contribution is -0.179. The summed E-state index contributed by atoms with van der Waals surface area (Å²) in [6.45, 7) is -1.19. The zero-order valence-electron chi connectivity index (χ0n) is 15.5. The average Bonchev–Trinajstić information content (AvgIpc) is 2.90. The van der Waals surface area contributed by atoms with Crippen LogP contribution in [0.2, 0.25) is 5.02 Å². The van der Waals surface area contributed by atoms with E-state index in [4.69, 9.17) is 31.3 Å². The van der Waals surface area contributed by atoms with E-state index in [1.165, 1.54) is 12.1 Å². The Morgan fingerprint density at radius 3 is 3.03 bits per heavy atom. The van der Waals surface area contributed by atoms with Crippen LogP contribution in [0.5, 0.6) is 5.75 Å². The summed E-state index contributed by atoms with van der Waals surface area (Å²) in [6, 6.07) is 5.41. The highest BCUT2D eigenvalue weighted by Crippen LogP contribution is 2.55. The van der Waals surface area contributed by atoms with Gasteiger partial charge in [-0.2, -0.15) is 0 Å². The summed E-state index contributed by atoms with van der Waals surface area (Å²) < 4.78 is 56.8. The molecule has 3 heterocycles. The fourth-order valence-electron chi connectivity index (χ4n) is 2.85. The van der Waals surface area contributed by atoms with E-state index in [9.17, 15) is 19.3 Å². The number of fused-ring (bicyclic) bond motifs is 1. The van der Waals surface area contributed by atoms with Crippen LogP contribution in [0.15, 0.2) is 40.1 Å². The van der Waals surface area contributed by atoms with Crippen molar-refractivity contribution in [3.05, 3.63) is 61.9 Å². The van der Waals surface area contributed by atoms with Crippen molar-refractivity contribution in [1.82, 2.24) is 9.55 Å². The van der Waals surface area contributed by atoms with Crippen LogP contribution in [0.25, 0.3) is 0 Å².